The van der Waals surface area contributed by atoms with Crippen molar-refractivity contribution < 1.29 is 19.5 Å². The van der Waals surface area contributed by atoms with Crippen molar-refractivity contribution in [3.63, 3.8) is 0 Å². The van der Waals surface area contributed by atoms with E-state index in [4.69, 9.17) is 5.11 Å². The lowest BCUT2D eigenvalue weighted by Crippen LogP contribution is -2.43. The number of thioether (sulfide) groups is 1. The van der Waals surface area contributed by atoms with Gasteiger partial charge in [-0.15, -0.1) is 0 Å². The number of imide groups is 1. The highest BCUT2D eigenvalue weighted by molar-refractivity contribution is 8.00. The number of carbonyl (C=O) groups is 3. The first-order valence-corrected chi connectivity index (χ1v) is 7.75. The lowest BCUT2D eigenvalue weighted by atomic mass is 9.85. The summed E-state index contributed by atoms with van der Waals surface area (Å²) < 4.78 is 0.142. The molecule has 0 unspecified atom stereocenters. The molecular weight excluding hydrogens is 280 g/mol. The molecule has 0 aromatic rings. The molecule has 0 atom stereocenters. The van der Waals surface area contributed by atoms with Crippen LogP contribution in [-0.2, 0) is 9.59 Å². The molecule has 0 aliphatic heterocycles. The van der Waals surface area contributed by atoms with Gasteiger partial charge in [-0.05, 0) is 24.5 Å². The van der Waals surface area contributed by atoms with Crippen molar-refractivity contribution in [2.24, 2.45) is 5.41 Å². The third-order valence-corrected chi connectivity index (χ3v) is 4.75. The monoisotopic (exact) mass is 302 g/mol. The van der Waals surface area contributed by atoms with E-state index >= 15 is 0 Å². The van der Waals surface area contributed by atoms with E-state index in [1.807, 2.05) is 6.26 Å². The molecule has 1 rings (SSSR count). The van der Waals surface area contributed by atoms with E-state index in [0.717, 1.165) is 12.8 Å². The van der Waals surface area contributed by atoms with Crippen LogP contribution in [0, 0.1) is 5.41 Å². The number of hydrogen-bond acceptors (Lipinski definition) is 4. The minimum Gasteiger partial charge on any atom is -0.481 e. The summed E-state index contributed by atoms with van der Waals surface area (Å²) >= 11 is 1.72. The molecule has 1 aliphatic rings. The maximum Gasteiger partial charge on any atom is 0.321 e. The average Bonchev–Trinajstić information content (AvgIpc) is 3.04. The summed E-state index contributed by atoms with van der Waals surface area (Å²) in [5.41, 5.74) is -0.673. The third-order valence-electron chi connectivity index (χ3n) is 3.33. The number of carboxylic acids is 1. The summed E-state index contributed by atoms with van der Waals surface area (Å²) in [6.45, 7) is 3.92. The van der Waals surface area contributed by atoms with Crippen molar-refractivity contribution in [2.75, 3.05) is 12.8 Å². The molecule has 3 N–H and O–H groups in total. The van der Waals surface area contributed by atoms with Crippen molar-refractivity contribution >= 4 is 29.7 Å². The molecule has 1 aliphatic carbocycles. The summed E-state index contributed by atoms with van der Waals surface area (Å²) in [7, 11) is 0. The molecule has 0 radical (unpaired) electrons. The summed E-state index contributed by atoms with van der Waals surface area (Å²) in [6.07, 6.45) is 4.05. The van der Waals surface area contributed by atoms with Gasteiger partial charge in [0.2, 0.25) is 5.91 Å². The van der Waals surface area contributed by atoms with Crippen LogP contribution in [0.25, 0.3) is 0 Å². The molecule has 0 heterocycles. The molecule has 3 amide bonds. The second-order valence-electron chi connectivity index (χ2n) is 6.03. The summed E-state index contributed by atoms with van der Waals surface area (Å²) in [5, 5.41) is 13.7. The third kappa shape index (κ3) is 5.81. The molecule has 20 heavy (non-hydrogen) atoms. The Kier molecular flexibility index (Phi) is 5.44. The highest BCUT2D eigenvalue weighted by Crippen LogP contribution is 2.46. The number of aliphatic carboxylic acids is 1. The zero-order valence-corrected chi connectivity index (χ0v) is 12.9. The fourth-order valence-electron chi connectivity index (χ4n) is 1.96. The highest BCUT2D eigenvalue weighted by atomic mass is 32.2. The number of hydrogen-bond donors (Lipinski definition) is 3. The molecule has 1 saturated carbocycles. The van der Waals surface area contributed by atoms with Crippen LogP contribution in [0.3, 0.4) is 0 Å². The number of carboxylic acid groups (broad SMARTS) is 1. The molecule has 1 fully saturated rings. The molecule has 0 aromatic carbocycles. The van der Waals surface area contributed by atoms with Gasteiger partial charge in [0, 0.05) is 17.7 Å². The smallest absolute Gasteiger partial charge is 0.321 e. The van der Waals surface area contributed by atoms with Crippen LogP contribution in [0.2, 0.25) is 0 Å². The predicted molar refractivity (Wildman–Crippen MR) is 77.7 cm³/mol. The molecular formula is C13H22N2O4S. The maximum absolute atomic E-state index is 11.7. The van der Waals surface area contributed by atoms with Gasteiger partial charge < -0.3 is 10.4 Å². The topological polar surface area (TPSA) is 95.5 Å². The zero-order valence-electron chi connectivity index (χ0n) is 12.1. The van der Waals surface area contributed by atoms with Crippen molar-refractivity contribution in [2.45, 2.75) is 44.3 Å². The van der Waals surface area contributed by atoms with Gasteiger partial charge in [-0.25, -0.2) is 4.79 Å². The van der Waals surface area contributed by atoms with E-state index < -0.39 is 23.3 Å². The number of urea groups is 1. The lowest BCUT2D eigenvalue weighted by molar-refractivity contribution is -0.139. The Bertz CT molecular complexity index is 405. The maximum atomic E-state index is 11.7. The Morgan fingerprint density at radius 3 is 2.30 bits per heavy atom. The van der Waals surface area contributed by atoms with Crippen LogP contribution >= 0.6 is 11.8 Å². The SMILES string of the molecule is CSC1(CNC(=O)NC(=O)CC(C)(C)CC(=O)O)CC1. The Morgan fingerprint density at radius 2 is 1.85 bits per heavy atom. The highest BCUT2D eigenvalue weighted by Gasteiger charge is 2.42. The first-order chi connectivity index (χ1) is 9.18. The minimum absolute atomic E-state index is 0.000388. The molecule has 0 saturated heterocycles. The van der Waals surface area contributed by atoms with Gasteiger partial charge in [-0.2, -0.15) is 11.8 Å². The first-order valence-electron chi connectivity index (χ1n) is 6.53. The lowest BCUT2D eigenvalue weighted by Gasteiger charge is -2.21. The van der Waals surface area contributed by atoms with E-state index in [9.17, 15) is 14.4 Å². The second-order valence-corrected chi connectivity index (χ2v) is 7.30. The van der Waals surface area contributed by atoms with E-state index in [1.54, 1.807) is 25.6 Å². The van der Waals surface area contributed by atoms with Crippen LogP contribution in [0.15, 0.2) is 0 Å². The largest absolute Gasteiger partial charge is 0.481 e. The van der Waals surface area contributed by atoms with Crippen LogP contribution in [0.1, 0.15) is 39.5 Å². The molecule has 0 spiro atoms. The number of rotatable bonds is 7. The molecule has 0 aromatic heterocycles. The van der Waals surface area contributed by atoms with Crippen LogP contribution in [0.4, 0.5) is 4.79 Å². The quantitative estimate of drug-likeness (QED) is 0.664. The predicted octanol–water partition coefficient (Wildman–Crippen LogP) is 1.60. The van der Waals surface area contributed by atoms with E-state index in [-0.39, 0.29) is 17.6 Å². The van der Waals surface area contributed by atoms with Crippen molar-refractivity contribution in [1.82, 2.24) is 10.6 Å². The average molecular weight is 302 g/mol. The number of carbonyl (C=O) groups excluding carboxylic acids is 2. The minimum atomic E-state index is -0.956. The van der Waals surface area contributed by atoms with Crippen LogP contribution in [0.5, 0.6) is 0 Å². The number of nitrogens with one attached hydrogen (secondary N) is 2. The zero-order chi connectivity index (χ0) is 15.4. The van der Waals surface area contributed by atoms with Gasteiger partial charge in [-0.1, -0.05) is 13.8 Å². The number of amides is 3. The van der Waals surface area contributed by atoms with Crippen LogP contribution < -0.4 is 10.6 Å². The summed E-state index contributed by atoms with van der Waals surface area (Å²) in [6, 6.07) is -0.513. The second kappa shape index (κ2) is 6.47. The van der Waals surface area contributed by atoms with Crippen molar-refractivity contribution in [3.8, 4) is 0 Å². The van der Waals surface area contributed by atoms with Gasteiger partial charge in [0.25, 0.3) is 0 Å². The summed E-state index contributed by atoms with van der Waals surface area (Å²) in [5.74, 6) is -1.41. The van der Waals surface area contributed by atoms with Gasteiger partial charge in [0.1, 0.15) is 0 Å². The molecule has 7 heteroatoms. The Balaban J connectivity index is 2.31. The Hall–Kier alpha value is -1.24. The van der Waals surface area contributed by atoms with E-state index in [2.05, 4.69) is 10.6 Å². The summed E-state index contributed by atoms with van der Waals surface area (Å²) in [4.78, 5) is 33.9. The van der Waals surface area contributed by atoms with E-state index in [1.165, 1.54) is 0 Å². The molecule has 0 bridgehead atoms. The molecule has 6 nitrogen and oxygen atoms in total. The Morgan fingerprint density at radius 1 is 1.25 bits per heavy atom. The first kappa shape index (κ1) is 16.8. The fraction of sp³-hybridized carbons (Fsp3) is 0.769. The normalized spacial score (nSPS) is 16.4. The fourth-order valence-corrected chi connectivity index (χ4v) is 2.68. The van der Waals surface area contributed by atoms with Crippen molar-refractivity contribution in [3.05, 3.63) is 0 Å². The van der Waals surface area contributed by atoms with Crippen molar-refractivity contribution in [1.29, 1.82) is 0 Å². The standard InChI is InChI=1S/C13H22N2O4S/c1-12(2,7-10(17)18)6-9(16)15-11(19)14-8-13(20-3)4-5-13/h4-8H2,1-3H3,(H,17,18)(H2,14,15,16,19). The molecule has 114 valence electrons. The van der Waals surface area contributed by atoms with Gasteiger partial charge in [0.15, 0.2) is 0 Å². The van der Waals surface area contributed by atoms with Gasteiger partial charge in [-0.3, -0.25) is 14.9 Å². The van der Waals surface area contributed by atoms with Gasteiger partial charge >= 0.3 is 12.0 Å². The Labute approximate surface area is 123 Å². The van der Waals surface area contributed by atoms with Gasteiger partial charge in [0.05, 0.1) is 6.42 Å². The van der Waals surface area contributed by atoms with Crippen LogP contribution in [-0.4, -0.2) is 40.6 Å². The van der Waals surface area contributed by atoms with E-state index in [0.29, 0.717) is 6.54 Å².